The van der Waals surface area contributed by atoms with E-state index in [0.717, 1.165) is 35.7 Å². The highest BCUT2D eigenvalue weighted by Crippen LogP contribution is 2.37. The van der Waals surface area contributed by atoms with Gasteiger partial charge in [0.15, 0.2) is 5.65 Å². The van der Waals surface area contributed by atoms with E-state index in [1.165, 1.54) is 25.7 Å². The van der Waals surface area contributed by atoms with Crippen LogP contribution in [0.15, 0.2) is 41.1 Å². The van der Waals surface area contributed by atoms with Crippen molar-refractivity contribution >= 4 is 17.2 Å². The third-order valence-electron chi connectivity index (χ3n) is 6.01. The number of nitrogens with one attached hydrogen (secondary N) is 1. The molecule has 0 aromatic carbocycles. The molecule has 146 valence electrons. The standard InChI is InChI=1S/C21H25N5O2/c27-21(23-13-17-7-4-12-28-17)25-11-9-16(14-25)26-19(15-5-1-2-6-15)24-18-8-3-10-22-20(18)26/h3-4,7-8,10,12,15-16H,1-2,5-6,9,11,13-14H2,(H,23,27)/t16-/m1/s1. The van der Waals surface area contributed by atoms with Gasteiger partial charge >= 0.3 is 6.03 Å². The maximum absolute atomic E-state index is 12.6. The number of aromatic nitrogens is 3. The minimum Gasteiger partial charge on any atom is -0.467 e. The minimum absolute atomic E-state index is 0.0429. The van der Waals surface area contributed by atoms with Gasteiger partial charge in [-0.15, -0.1) is 0 Å². The third kappa shape index (κ3) is 3.15. The van der Waals surface area contributed by atoms with Crippen LogP contribution in [0.3, 0.4) is 0 Å². The highest BCUT2D eigenvalue weighted by atomic mass is 16.3. The molecule has 1 saturated heterocycles. The quantitative estimate of drug-likeness (QED) is 0.747. The van der Waals surface area contributed by atoms with Crippen LogP contribution in [0.1, 0.15) is 55.6 Å². The molecular formula is C21H25N5O2. The first-order valence-electron chi connectivity index (χ1n) is 10.2. The van der Waals surface area contributed by atoms with Gasteiger partial charge in [-0.2, -0.15) is 0 Å². The lowest BCUT2D eigenvalue weighted by molar-refractivity contribution is 0.205. The number of pyridine rings is 1. The maximum Gasteiger partial charge on any atom is 0.317 e. The minimum atomic E-state index is -0.0429. The summed E-state index contributed by atoms with van der Waals surface area (Å²) in [5.41, 5.74) is 1.91. The smallest absolute Gasteiger partial charge is 0.317 e. The summed E-state index contributed by atoms with van der Waals surface area (Å²) in [5, 5.41) is 2.95. The molecule has 1 aliphatic heterocycles. The molecule has 1 aliphatic carbocycles. The number of urea groups is 1. The van der Waals surface area contributed by atoms with E-state index in [2.05, 4.69) is 14.9 Å². The second-order valence-corrected chi connectivity index (χ2v) is 7.79. The van der Waals surface area contributed by atoms with E-state index in [1.807, 2.05) is 35.4 Å². The van der Waals surface area contributed by atoms with Crippen molar-refractivity contribution in [2.24, 2.45) is 0 Å². The van der Waals surface area contributed by atoms with Gasteiger partial charge in [-0.1, -0.05) is 12.8 Å². The Morgan fingerprint density at radius 1 is 1.21 bits per heavy atom. The molecule has 2 fully saturated rings. The van der Waals surface area contributed by atoms with Gasteiger partial charge in [-0.3, -0.25) is 0 Å². The number of carbonyl (C=O) groups is 1. The van der Waals surface area contributed by atoms with E-state index in [9.17, 15) is 4.79 Å². The predicted octanol–water partition coefficient (Wildman–Crippen LogP) is 3.84. The number of furan rings is 1. The number of nitrogens with zero attached hydrogens (tertiary/aromatic N) is 4. The highest BCUT2D eigenvalue weighted by Gasteiger charge is 2.33. The zero-order valence-corrected chi connectivity index (χ0v) is 15.9. The molecule has 4 heterocycles. The summed E-state index contributed by atoms with van der Waals surface area (Å²) in [4.78, 5) is 24.1. The van der Waals surface area contributed by atoms with Crippen molar-refractivity contribution in [1.29, 1.82) is 0 Å². The molecule has 1 saturated carbocycles. The summed E-state index contributed by atoms with van der Waals surface area (Å²) in [6.07, 6.45) is 9.32. The van der Waals surface area contributed by atoms with Gasteiger partial charge in [-0.25, -0.2) is 14.8 Å². The van der Waals surface area contributed by atoms with Crippen LogP contribution < -0.4 is 5.32 Å². The number of hydrogen-bond donors (Lipinski definition) is 1. The number of rotatable bonds is 4. The molecular weight excluding hydrogens is 354 g/mol. The van der Waals surface area contributed by atoms with E-state index in [1.54, 1.807) is 6.26 Å². The van der Waals surface area contributed by atoms with Crippen molar-refractivity contribution in [3.63, 3.8) is 0 Å². The second-order valence-electron chi connectivity index (χ2n) is 7.79. The number of carbonyl (C=O) groups excluding carboxylic acids is 1. The molecule has 0 radical (unpaired) electrons. The Morgan fingerprint density at radius 2 is 2.11 bits per heavy atom. The molecule has 1 atom stereocenters. The SMILES string of the molecule is O=C(NCc1ccco1)N1CC[C@@H](n2c(C3CCCC3)nc3cccnc32)C1. The first-order valence-corrected chi connectivity index (χ1v) is 10.2. The molecule has 28 heavy (non-hydrogen) atoms. The molecule has 7 nitrogen and oxygen atoms in total. The molecule has 7 heteroatoms. The van der Waals surface area contributed by atoms with Gasteiger partial charge in [0.1, 0.15) is 17.1 Å². The number of imidazole rings is 1. The first kappa shape index (κ1) is 17.3. The summed E-state index contributed by atoms with van der Waals surface area (Å²) >= 11 is 0. The van der Waals surface area contributed by atoms with Crippen molar-refractivity contribution in [1.82, 2.24) is 24.8 Å². The average molecular weight is 379 g/mol. The van der Waals surface area contributed by atoms with Crippen molar-refractivity contribution in [3.8, 4) is 0 Å². The summed E-state index contributed by atoms with van der Waals surface area (Å²) in [6.45, 7) is 1.84. The van der Waals surface area contributed by atoms with Crippen LogP contribution in [0.5, 0.6) is 0 Å². The third-order valence-corrected chi connectivity index (χ3v) is 6.01. The van der Waals surface area contributed by atoms with E-state index in [0.29, 0.717) is 19.0 Å². The zero-order valence-electron chi connectivity index (χ0n) is 15.9. The Labute approximate surface area is 163 Å². The Balaban J connectivity index is 1.35. The monoisotopic (exact) mass is 379 g/mol. The van der Waals surface area contributed by atoms with Gasteiger partial charge in [0.05, 0.1) is 18.8 Å². The number of fused-ring (bicyclic) bond motifs is 1. The van der Waals surface area contributed by atoms with Crippen LogP contribution in [-0.2, 0) is 6.54 Å². The predicted molar refractivity (Wildman–Crippen MR) is 105 cm³/mol. The second kappa shape index (κ2) is 7.30. The fraction of sp³-hybridized carbons (Fsp3) is 0.476. The molecule has 2 aliphatic rings. The van der Waals surface area contributed by atoms with Crippen LogP contribution >= 0.6 is 0 Å². The topological polar surface area (TPSA) is 76.2 Å². The van der Waals surface area contributed by atoms with Crippen LogP contribution in [0.25, 0.3) is 11.2 Å². The molecule has 0 spiro atoms. The zero-order chi connectivity index (χ0) is 18.9. The first-order chi connectivity index (χ1) is 13.8. The van der Waals surface area contributed by atoms with Crippen molar-refractivity contribution in [2.45, 2.75) is 50.6 Å². The lowest BCUT2D eigenvalue weighted by Gasteiger charge is -2.20. The maximum atomic E-state index is 12.6. The average Bonchev–Trinajstić information content (AvgIpc) is 3.51. The fourth-order valence-corrected chi connectivity index (χ4v) is 4.60. The van der Waals surface area contributed by atoms with Gasteiger partial charge in [-0.05, 0) is 43.5 Å². The van der Waals surface area contributed by atoms with Gasteiger partial charge in [0, 0.05) is 25.2 Å². The van der Waals surface area contributed by atoms with Crippen molar-refractivity contribution in [3.05, 3.63) is 48.3 Å². The molecule has 3 aromatic rings. The van der Waals surface area contributed by atoms with Gasteiger partial charge in [0.25, 0.3) is 0 Å². The summed E-state index contributed by atoms with van der Waals surface area (Å²) in [6, 6.07) is 7.86. The van der Waals surface area contributed by atoms with Crippen LogP contribution in [0.2, 0.25) is 0 Å². The Kier molecular flexibility index (Phi) is 4.50. The lowest BCUT2D eigenvalue weighted by atomic mass is 10.1. The molecule has 1 N–H and O–H groups in total. The van der Waals surface area contributed by atoms with E-state index >= 15 is 0 Å². The summed E-state index contributed by atoms with van der Waals surface area (Å²) < 4.78 is 7.62. The van der Waals surface area contributed by atoms with Gasteiger partial charge < -0.3 is 19.2 Å². The van der Waals surface area contributed by atoms with E-state index in [-0.39, 0.29) is 12.1 Å². The number of likely N-dealkylation sites (tertiary alicyclic amines) is 1. The molecule has 3 aromatic heterocycles. The Morgan fingerprint density at radius 3 is 2.93 bits per heavy atom. The normalized spacial score (nSPS) is 20.3. The lowest BCUT2D eigenvalue weighted by Crippen LogP contribution is -2.38. The van der Waals surface area contributed by atoms with Crippen LogP contribution in [-0.4, -0.2) is 38.6 Å². The summed E-state index contributed by atoms with van der Waals surface area (Å²) in [7, 11) is 0. The number of hydrogen-bond acceptors (Lipinski definition) is 4. The van der Waals surface area contributed by atoms with E-state index < -0.39 is 0 Å². The molecule has 5 rings (SSSR count). The fourth-order valence-electron chi connectivity index (χ4n) is 4.60. The van der Waals surface area contributed by atoms with Crippen LogP contribution in [0.4, 0.5) is 4.79 Å². The van der Waals surface area contributed by atoms with Crippen LogP contribution in [0, 0.1) is 0 Å². The van der Waals surface area contributed by atoms with Gasteiger partial charge in [0.2, 0.25) is 0 Å². The summed E-state index contributed by atoms with van der Waals surface area (Å²) in [5.74, 6) is 2.43. The molecule has 0 bridgehead atoms. The van der Waals surface area contributed by atoms with E-state index in [4.69, 9.17) is 9.40 Å². The van der Waals surface area contributed by atoms with Crippen molar-refractivity contribution < 1.29 is 9.21 Å². The molecule has 2 amide bonds. The largest absolute Gasteiger partial charge is 0.467 e. The highest BCUT2D eigenvalue weighted by molar-refractivity contribution is 5.75. The molecule has 0 unspecified atom stereocenters. The number of amides is 2. The Bertz CT molecular complexity index is 959. The Hall–Kier alpha value is -2.83. The van der Waals surface area contributed by atoms with Crippen molar-refractivity contribution in [2.75, 3.05) is 13.1 Å².